The van der Waals surface area contributed by atoms with Crippen molar-refractivity contribution in [1.82, 2.24) is 20.0 Å². The predicted octanol–water partition coefficient (Wildman–Crippen LogP) is 4.69. The van der Waals surface area contributed by atoms with Crippen molar-refractivity contribution in [3.63, 3.8) is 0 Å². The van der Waals surface area contributed by atoms with Crippen LogP contribution in [0, 0.1) is 0 Å². The fourth-order valence-corrected chi connectivity index (χ4v) is 3.20. The Morgan fingerprint density at radius 3 is 2.78 bits per heavy atom. The molecule has 0 saturated carbocycles. The molecule has 1 atom stereocenters. The number of fused-ring (bicyclic) bond motifs is 2. The van der Waals surface area contributed by atoms with Crippen molar-refractivity contribution in [2.45, 2.75) is 32.2 Å². The highest BCUT2D eigenvalue weighted by atomic mass is 15.4. The number of hydrogen-bond donors (Lipinski definition) is 1. The molecule has 2 heterocycles. The van der Waals surface area contributed by atoms with E-state index >= 15 is 0 Å². The van der Waals surface area contributed by atoms with Gasteiger partial charge in [0.15, 0.2) is 0 Å². The Bertz CT molecular complexity index is 902. The lowest BCUT2D eigenvalue weighted by molar-refractivity contribution is 0.465. The second kappa shape index (κ2) is 5.88. The SMILES string of the molecule is CCCCC(c1cc2ccccc2[nH]1)n1nnc2ccccc21. The monoisotopic (exact) mass is 304 g/mol. The van der Waals surface area contributed by atoms with Gasteiger partial charge in [-0.15, -0.1) is 5.10 Å². The standard InChI is InChI=1S/C19H20N4/c1-2-3-11-19(17-13-14-8-4-5-9-15(14)20-17)23-18-12-7-6-10-16(18)21-22-23/h4-10,12-13,19-20H,2-3,11H2,1H3. The molecule has 0 amide bonds. The number of rotatable bonds is 5. The van der Waals surface area contributed by atoms with Crippen molar-refractivity contribution in [1.29, 1.82) is 0 Å². The molecule has 4 aromatic rings. The molecular formula is C19H20N4. The van der Waals surface area contributed by atoms with Crippen LogP contribution in [-0.4, -0.2) is 20.0 Å². The molecule has 0 radical (unpaired) electrons. The lowest BCUT2D eigenvalue weighted by Crippen LogP contribution is -2.13. The van der Waals surface area contributed by atoms with E-state index in [2.05, 4.69) is 63.3 Å². The molecular weight excluding hydrogens is 284 g/mol. The molecule has 4 heteroatoms. The van der Waals surface area contributed by atoms with Crippen LogP contribution in [0.4, 0.5) is 0 Å². The molecule has 2 aromatic carbocycles. The minimum Gasteiger partial charge on any atom is -0.357 e. The normalized spacial score (nSPS) is 12.9. The first-order chi connectivity index (χ1) is 11.4. The Kier molecular flexibility index (Phi) is 3.58. The summed E-state index contributed by atoms with van der Waals surface area (Å²) in [6.07, 6.45) is 3.38. The molecule has 0 aliphatic rings. The minimum absolute atomic E-state index is 0.190. The third kappa shape index (κ3) is 2.50. The molecule has 0 aliphatic carbocycles. The maximum absolute atomic E-state index is 4.44. The summed E-state index contributed by atoms with van der Waals surface area (Å²) in [5, 5.41) is 10.0. The molecule has 1 N–H and O–H groups in total. The van der Waals surface area contributed by atoms with Crippen LogP contribution in [0.15, 0.2) is 54.6 Å². The number of H-pyrrole nitrogens is 1. The van der Waals surface area contributed by atoms with Crippen LogP contribution in [0.1, 0.15) is 37.9 Å². The number of hydrogen-bond acceptors (Lipinski definition) is 2. The molecule has 0 fully saturated rings. The molecule has 2 aromatic heterocycles. The number of benzene rings is 2. The van der Waals surface area contributed by atoms with E-state index in [0.29, 0.717) is 0 Å². The number of aromatic nitrogens is 4. The quantitative estimate of drug-likeness (QED) is 0.581. The van der Waals surface area contributed by atoms with Gasteiger partial charge in [0.05, 0.1) is 11.6 Å². The van der Waals surface area contributed by atoms with Gasteiger partial charge >= 0.3 is 0 Å². The van der Waals surface area contributed by atoms with Crippen molar-refractivity contribution < 1.29 is 0 Å². The molecule has 0 spiro atoms. The Morgan fingerprint density at radius 2 is 1.91 bits per heavy atom. The zero-order valence-electron chi connectivity index (χ0n) is 13.2. The number of nitrogens with one attached hydrogen (secondary N) is 1. The summed E-state index contributed by atoms with van der Waals surface area (Å²) in [7, 11) is 0. The fourth-order valence-electron chi connectivity index (χ4n) is 3.20. The van der Waals surface area contributed by atoms with Gasteiger partial charge in [0.25, 0.3) is 0 Å². The van der Waals surface area contributed by atoms with E-state index in [1.165, 1.54) is 23.0 Å². The first-order valence-electron chi connectivity index (χ1n) is 8.24. The van der Waals surface area contributed by atoms with Crippen LogP contribution >= 0.6 is 0 Å². The third-order valence-corrected chi connectivity index (χ3v) is 4.41. The summed E-state index contributed by atoms with van der Waals surface area (Å²) in [6, 6.07) is 19.0. The van der Waals surface area contributed by atoms with Gasteiger partial charge in [0, 0.05) is 11.2 Å². The van der Waals surface area contributed by atoms with Crippen LogP contribution in [-0.2, 0) is 0 Å². The summed E-state index contributed by atoms with van der Waals surface area (Å²) >= 11 is 0. The van der Waals surface area contributed by atoms with E-state index in [1.54, 1.807) is 0 Å². The molecule has 4 rings (SSSR count). The first kappa shape index (κ1) is 14.0. The highest BCUT2D eigenvalue weighted by Gasteiger charge is 2.19. The summed E-state index contributed by atoms with van der Waals surface area (Å²) in [5.74, 6) is 0. The summed E-state index contributed by atoms with van der Waals surface area (Å²) in [5.41, 5.74) is 4.42. The second-order valence-corrected chi connectivity index (χ2v) is 5.99. The van der Waals surface area contributed by atoms with Crippen molar-refractivity contribution in [2.75, 3.05) is 0 Å². The van der Waals surface area contributed by atoms with E-state index in [4.69, 9.17) is 0 Å². The van der Waals surface area contributed by atoms with Crippen LogP contribution < -0.4 is 0 Å². The predicted molar refractivity (Wildman–Crippen MR) is 93.5 cm³/mol. The van der Waals surface area contributed by atoms with E-state index < -0.39 is 0 Å². The molecule has 116 valence electrons. The Labute approximate surface area is 135 Å². The molecule has 0 saturated heterocycles. The molecule has 0 bridgehead atoms. The van der Waals surface area contributed by atoms with Crippen LogP contribution in [0.25, 0.3) is 21.9 Å². The lowest BCUT2D eigenvalue weighted by atomic mass is 10.1. The Hall–Kier alpha value is -2.62. The average molecular weight is 304 g/mol. The van der Waals surface area contributed by atoms with Gasteiger partial charge in [-0.05, 0) is 36.1 Å². The molecule has 0 aliphatic heterocycles. The minimum atomic E-state index is 0.190. The fraction of sp³-hybridized carbons (Fsp3) is 0.263. The third-order valence-electron chi connectivity index (χ3n) is 4.41. The Morgan fingerprint density at radius 1 is 1.09 bits per heavy atom. The lowest BCUT2D eigenvalue weighted by Gasteiger charge is -2.16. The van der Waals surface area contributed by atoms with Crippen molar-refractivity contribution in [3.05, 3.63) is 60.3 Å². The van der Waals surface area contributed by atoms with E-state index in [0.717, 1.165) is 23.9 Å². The number of unbranched alkanes of at least 4 members (excludes halogenated alkanes) is 1. The topological polar surface area (TPSA) is 46.5 Å². The van der Waals surface area contributed by atoms with Crippen LogP contribution in [0.2, 0.25) is 0 Å². The van der Waals surface area contributed by atoms with Gasteiger partial charge in [0.1, 0.15) is 5.52 Å². The van der Waals surface area contributed by atoms with Crippen LogP contribution in [0.3, 0.4) is 0 Å². The van der Waals surface area contributed by atoms with Crippen molar-refractivity contribution in [3.8, 4) is 0 Å². The maximum atomic E-state index is 4.44. The molecule has 23 heavy (non-hydrogen) atoms. The average Bonchev–Trinajstić information content (AvgIpc) is 3.20. The molecule has 1 unspecified atom stereocenters. The number of para-hydroxylation sites is 2. The van der Waals surface area contributed by atoms with Gasteiger partial charge < -0.3 is 4.98 Å². The second-order valence-electron chi connectivity index (χ2n) is 5.99. The zero-order chi connectivity index (χ0) is 15.6. The van der Waals surface area contributed by atoms with Gasteiger partial charge in [-0.1, -0.05) is 55.3 Å². The number of nitrogens with zero attached hydrogens (tertiary/aromatic N) is 3. The van der Waals surface area contributed by atoms with Crippen molar-refractivity contribution in [2.24, 2.45) is 0 Å². The summed E-state index contributed by atoms with van der Waals surface area (Å²) in [4.78, 5) is 3.57. The maximum Gasteiger partial charge on any atom is 0.113 e. The van der Waals surface area contributed by atoms with Gasteiger partial charge in [-0.25, -0.2) is 4.68 Å². The van der Waals surface area contributed by atoms with E-state index in [1.807, 2.05) is 18.2 Å². The summed E-state index contributed by atoms with van der Waals surface area (Å²) < 4.78 is 2.07. The van der Waals surface area contributed by atoms with E-state index in [9.17, 15) is 0 Å². The largest absolute Gasteiger partial charge is 0.357 e. The summed E-state index contributed by atoms with van der Waals surface area (Å²) in [6.45, 7) is 2.22. The zero-order valence-corrected chi connectivity index (χ0v) is 13.2. The first-order valence-corrected chi connectivity index (χ1v) is 8.24. The van der Waals surface area contributed by atoms with E-state index in [-0.39, 0.29) is 6.04 Å². The Balaban J connectivity index is 1.83. The van der Waals surface area contributed by atoms with Crippen LogP contribution in [0.5, 0.6) is 0 Å². The van der Waals surface area contributed by atoms with Gasteiger partial charge in [0.2, 0.25) is 0 Å². The highest BCUT2D eigenvalue weighted by Crippen LogP contribution is 2.28. The number of aromatic amines is 1. The smallest absolute Gasteiger partial charge is 0.113 e. The van der Waals surface area contributed by atoms with Gasteiger partial charge in [-0.2, -0.15) is 0 Å². The highest BCUT2D eigenvalue weighted by molar-refractivity contribution is 5.80. The van der Waals surface area contributed by atoms with Crippen molar-refractivity contribution >= 4 is 21.9 Å². The van der Waals surface area contributed by atoms with Gasteiger partial charge in [-0.3, -0.25) is 0 Å². The molecule has 4 nitrogen and oxygen atoms in total.